The second kappa shape index (κ2) is 8.73. The number of hydrogen-bond donors (Lipinski definition) is 1. The molecule has 0 aliphatic heterocycles. The van der Waals surface area contributed by atoms with E-state index < -0.39 is 17.3 Å². The fourth-order valence-electron chi connectivity index (χ4n) is 3.60. The van der Waals surface area contributed by atoms with Gasteiger partial charge in [-0.25, -0.2) is 18.3 Å². The van der Waals surface area contributed by atoms with Crippen LogP contribution in [0.15, 0.2) is 42.6 Å². The molecule has 0 atom stereocenters. The molecule has 1 N–H and O–H groups in total. The quantitative estimate of drug-likeness (QED) is 0.336. The van der Waals surface area contributed by atoms with E-state index in [4.69, 9.17) is 0 Å². The predicted octanol–water partition coefficient (Wildman–Crippen LogP) is 3.49. The van der Waals surface area contributed by atoms with Crippen LogP contribution in [0.25, 0.3) is 16.9 Å². The lowest BCUT2D eigenvalue weighted by atomic mass is 10.1. The Morgan fingerprint density at radius 2 is 1.97 bits per heavy atom. The lowest BCUT2D eigenvalue weighted by Crippen LogP contribution is -2.28. The first-order valence-corrected chi connectivity index (χ1v) is 9.96. The number of nitrogens with one attached hydrogen (secondary N) is 1. The fraction of sp³-hybridized carbons (Fsp3) is 0.238. The zero-order chi connectivity index (χ0) is 23.7. The number of aromatic nitrogens is 5. The van der Waals surface area contributed by atoms with E-state index in [1.807, 2.05) is 0 Å². The number of carbonyl (C=O) groups is 1. The number of hydrogen-bond acceptors (Lipinski definition) is 6. The second-order valence-electron chi connectivity index (χ2n) is 7.28. The van der Waals surface area contributed by atoms with Crippen LogP contribution in [0, 0.1) is 24.0 Å². The van der Waals surface area contributed by atoms with Crippen molar-refractivity contribution in [1.82, 2.24) is 29.7 Å². The molecule has 3 heterocycles. The maximum Gasteiger partial charge on any atom is 0.312 e. The molecular formula is C21H19F2N7O3. The summed E-state index contributed by atoms with van der Waals surface area (Å²) in [5, 5.41) is 21.9. The Hall–Kier alpha value is -4.22. The van der Waals surface area contributed by atoms with E-state index in [9.17, 15) is 23.7 Å². The van der Waals surface area contributed by atoms with E-state index >= 15 is 0 Å². The van der Waals surface area contributed by atoms with Crippen LogP contribution in [0.3, 0.4) is 0 Å². The minimum atomic E-state index is -2.82. The van der Waals surface area contributed by atoms with Crippen molar-refractivity contribution in [3.05, 3.63) is 75.4 Å². The minimum absolute atomic E-state index is 0.00547. The van der Waals surface area contributed by atoms with Crippen molar-refractivity contribution in [2.45, 2.75) is 26.8 Å². The Kier molecular flexibility index (Phi) is 5.82. The number of amides is 1. The van der Waals surface area contributed by atoms with Gasteiger partial charge in [0.1, 0.15) is 22.6 Å². The van der Waals surface area contributed by atoms with Crippen LogP contribution < -0.4 is 5.32 Å². The molecule has 3 aromatic heterocycles. The standard InChI is InChI=1S/C21H19F2N7O3/c1-12-18(30(32)33)13(2)28(27-12)9-8-24-21(31)15-11-25-29-17(19(22)23)10-16(26-20(15)29)14-6-4-3-5-7-14/h3-7,10-11,19H,8-9H2,1-2H3,(H,24,31). The molecule has 4 rings (SSSR count). The highest BCUT2D eigenvalue weighted by Crippen LogP contribution is 2.26. The average Bonchev–Trinajstić information content (AvgIpc) is 3.33. The number of alkyl halides is 2. The van der Waals surface area contributed by atoms with Crippen LogP contribution in [0.4, 0.5) is 14.5 Å². The zero-order valence-corrected chi connectivity index (χ0v) is 17.7. The molecule has 0 saturated carbocycles. The number of benzene rings is 1. The van der Waals surface area contributed by atoms with Gasteiger partial charge in [-0.2, -0.15) is 10.2 Å². The molecule has 12 heteroatoms. The summed E-state index contributed by atoms with van der Waals surface area (Å²) in [6.45, 7) is 3.41. The molecule has 1 aromatic carbocycles. The highest BCUT2D eigenvalue weighted by atomic mass is 19.3. The number of rotatable bonds is 7. The highest BCUT2D eigenvalue weighted by Gasteiger charge is 2.23. The summed E-state index contributed by atoms with van der Waals surface area (Å²) in [6, 6.07) is 10.0. The SMILES string of the molecule is Cc1nn(CCNC(=O)c2cnn3c(C(F)F)cc(-c4ccccc4)nc23)c(C)c1[N+](=O)[O-]. The molecule has 0 aliphatic carbocycles. The molecule has 0 fully saturated rings. The fourth-order valence-corrected chi connectivity index (χ4v) is 3.60. The van der Waals surface area contributed by atoms with E-state index in [1.165, 1.54) is 23.9 Å². The lowest BCUT2D eigenvalue weighted by Gasteiger charge is -2.09. The van der Waals surface area contributed by atoms with Crippen molar-refractivity contribution in [3.63, 3.8) is 0 Å². The van der Waals surface area contributed by atoms with Crippen molar-refractivity contribution < 1.29 is 18.5 Å². The van der Waals surface area contributed by atoms with Crippen LogP contribution in [0.2, 0.25) is 0 Å². The third kappa shape index (κ3) is 4.14. The van der Waals surface area contributed by atoms with Gasteiger partial charge < -0.3 is 5.32 Å². The van der Waals surface area contributed by atoms with E-state index in [1.54, 1.807) is 37.3 Å². The Labute approximate surface area is 186 Å². The maximum atomic E-state index is 13.7. The van der Waals surface area contributed by atoms with Gasteiger partial charge in [-0.15, -0.1) is 0 Å². The van der Waals surface area contributed by atoms with Crippen molar-refractivity contribution >= 4 is 17.2 Å². The maximum absolute atomic E-state index is 13.7. The average molecular weight is 455 g/mol. The molecule has 170 valence electrons. The molecular weight excluding hydrogens is 436 g/mol. The molecule has 33 heavy (non-hydrogen) atoms. The lowest BCUT2D eigenvalue weighted by molar-refractivity contribution is -0.386. The van der Waals surface area contributed by atoms with E-state index in [2.05, 4.69) is 20.5 Å². The highest BCUT2D eigenvalue weighted by molar-refractivity contribution is 5.99. The van der Waals surface area contributed by atoms with Crippen LogP contribution in [0.5, 0.6) is 0 Å². The summed E-state index contributed by atoms with van der Waals surface area (Å²) in [6.07, 6.45) is -1.64. The predicted molar refractivity (Wildman–Crippen MR) is 114 cm³/mol. The van der Waals surface area contributed by atoms with Gasteiger partial charge in [0.05, 0.1) is 23.4 Å². The molecule has 0 unspecified atom stereocenters. The normalized spacial score (nSPS) is 11.3. The van der Waals surface area contributed by atoms with Gasteiger partial charge in [-0.1, -0.05) is 30.3 Å². The molecule has 0 saturated heterocycles. The first-order chi connectivity index (χ1) is 15.8. The van der Waals surface area contributed by atoms with Gasteiger partial charge in [0.25, 0.3) is 12.3 Å². The Balaban J connectivity index is 1.59. The monoisotopic (exact) mass is 455 g/mol. The molecule has 0 aliphatic rings. The molecule has 0 radical (unpaired) electrons. The van der Waals surface area contributed by atoms with Crippen LogP contribution in [-0.4, -0.2) is 41.8 Å². The Bertz CT molecular complexity index is 1350. The molecule has 0 bridgehead atoms. The third-order valence-electron chi connectivity index (χ3n) is 5.17. The number of nitro groups is 1. The van der Waals surface area contributed by atoms with E-state index in [0.29, 0.717) is 17.0 Å². The topological polar surface area (TPSA) is 120 Å². The smallest absolute Gasteiger partial charge is 0.312 e. The van der Waals surface area contributed by atoms with Crippen molar-refractivity contribution in [2.75, 3.05) is 6.54 Å². The van der Waals surface area contributed by atoms with Gasteiger partial charge in [0, 0.05) is 12.1 Å². The van der Waals surface area contributed by atoms with Gasteiger partial charge in [0.2, 0.25) is 0 Å². The van der Waals surface area contributed by atoms with Gasteiger partial charge in [-0.3, -0.25) is 19.6 Å². The summed E-state index contributed by atoms with van der Waals surface area (Å²) in [5.74, 6) is -0.557. The second-order valence-corrected chi connectivity index (χ2v) is 7.28. The number of carbonyl (C=O) groups excluding carboxylic acids is 1. The number of halogens is 2. The summed E-state index contributed by atoms with van der Waals surface area (Å²) in [7, 11) is 0. The van der Waals surface area contributed by atoms with Crippen LogP contribution in [0.1, 0.15) is 33.9 Å². The number of aryl methyl sites for hydroxylation is 1. The molecule has 1 amide bonds. The van der Waals surface area contributed by atoms with Crippen molar-refractivity contribution in [2.24, 2.45) is 0 Å². The Morgan fingerprint density at radius 3 is 2.61 bits per heavy atom. The van der Waals surface area contributed by atoms with Gasteiger partial charge >= 0.3 is 5.69 Å². The molecule has 4 aromatic rings. The van der Waals surface area contributed by atoms with Crippen molar-refractivity contribution in [1.29, 1.82) is 0 Å². The van der Waals surface area contributed by atoms with Gasteiger partial charge in [-0.05, 0) is 19.9 Å². The number of fused-ring (bicyclic) bond motifs is 1. The summed E-state index contributed by atoms with van der Waals surface area (Å²) >= 11 is 0. The van der Waals surface area contributed by atoms with Crippen LogP contribution >= 0.6 is 0 Å². The van der Waals surface area contributed by atoms with Crippen LogP contribution in [-0.2, 0) is 6.54 Å². The minimum Gasteiger partial charge on any atom is -0.350 e. The molecule has 10 nitrogen and oxygen atoms in total. The zero-order valence-electron chi connectivity index (χ0n) is 17.7. The Morgan fingerprint density at radius 1 is 1.24 bits per heavy atom. The van der Waals surface area contributed by atoms with E-state index in [0.717, 1.165) is 4.52 Å². The third-order valence-corrected chi connectivity index (χ3v) is 5.17. The summed E-state index contributed by atoms with van der Waals surface area (Å²) in [5.41, 5.74) is 1.17. The summed E-state index contributed by atoms with van der Waals surface area (Å²) in [4.78, 5) is 27.8. The van der Waals surface area contributed by atoms with E-state index in [-0.39, 0.29) is 41.4 Å². The van der Waals surface area contributed by atoms with Gasteiger partial charge in [0.15, 0.2) is 5.65 Å². The van der Waals surface area contributed by atoms with Crippen molar-refractivity contribution in [3.8, 4) is 11.3 Å². The first kappa shape index (κ1) is 22.0. The number of nitrogens with zero attached hydrogens (tertiary/aromatic N) is 6. The summed E-state index contributed by atoms with van der Waals surface area (Å²) < 4.78 is 29.7. The molecule has 0 spiro atoms. The largest absolute Gasteiger partial charge is 0.350 e. The first-order valence-electron chi connectivity index (χ1n) is 9.96.